The molecule has 19 heavy (non-hydrogen) atoms. The van der Waals surface area contributed by atoms with Crippen molar-refractivity contribution in [3.8, 4) is 0 Å². The minimum absolute atomic E-state index is 0.160. The third-order valence-electron chi connectivity index (χ3n) is 4.97. The van der Waals surface area contributed by atoms with E-state index in [4.69, 9.17) is 0 Å². The van der Waals surface area contributed by atoms with E-state index in [9.17, 15) is 0 Å². The molecule has 2 rings (SSSR count). The zero-order valence-corrected chi connectivity index (χ0v) is 13.0. The number of rotatable bonds is 4. The van der Waals surface area contributed by atoms with Crippen LogP contribution in [0.3, 0.4) is 0 Å². The average Bonchev–Trinajstić information content (AvgIpc) is 2.83. The Balaban J connectivity index is 2.53. The van der Waals surface area contributed by atoms with Crippen LogP contribution in [-0.2, 0) is 0 Å². The number of H-pyrrole nitrogens is 1. The highest BCUT2D eigenvalue weighted by Gasteiger charge is 2.29. The topological polar surface area (TPSA) is 15.8 Å². The Labute approximate surface area is 117 Å². The van der Waals surface area contributed by atoms with Crippen LogP contribution in [0.15, 0.2) is 24.4 Å². The first-order valence-electron chi connectivity index (χ1n) is 7.61. The predicted octanol–water partition coefficient (Wildman–Crippen LogP) is 5.52. The lowest BCUT2D eigenvalue weighted by atomic mass is 9.74. The lowest BCUT2D eigenvalue weighted by Crippen LogP contribution is -2.20. The van der Waals surface area contributed by atoms with Crippen LogP contribution >= 0.6 is 0 Å². The number of aromatic nitrogens is 1. The molecule has 0 aliphatic heterocycles. The number of hydrogen-bond donors (Lipinski definition) is 1. The highest BCUT2D eigenvalue weighted by atomic mass is 14.7. The number of fused-ring (bicyclic) bond motifs is 1. The fourth-order valence-electron chi connectivity index (χ4n) is 2.85. The Kier molecular flexibility index (Phi) is 4.03. The molecule has 0 spiro atoms. The van der Waals surface area contributed by atoms with E-state index < -0.39 is 0 Å². The van der Waals surface area contributed by atoms with Crippen molar-refractivity contribution in [2.45, 2.75) is 47.5 Å². The molecule has 3 atom stereocenters. The van der Waals surface area contributed by atoms with Crippen LogP contribution in [0, 0.1) is 17.3 Å². The molecule has 1 nitrogen and oxygen atoms in total. The number of allylic oxidation sites excluding steroid dienone is 3. The van der Waals surface area contributed by atoms with Crippen LogP contribution in [0.2, 0.25) is 0 Å². The van der Waals surface area contributed by atoms with Gasteiger partial charge in [0.1, 0.15) is 0 Å². The summed E-state index contributed by atoms with van der Waals surface area (Å²) < 4.78 is 0. The van der Waals surface area contributed by atoms with Gasteiger partial charge in [-0.2, -0.15) is 0 Å². The molecule has 0 saturated carbocycles. The lowest BCUT2D eigenvalue weighted by molar-refractivity contribution is 0.344. The Morgan fingerprint density at radius 3 is 2.58 bits per heavy atom. The molecule has 0 radical (unpaired) electrons. The van der Waals surface area contributed by atoms with E-state index in [0.29, 0.717) is 11.8 Å². The molecule has 1 aliphatic carbocycles. The highest BCUT2D eigenvalue weighted by Crippen LogP contribution is 2.41. The monoisotopic (exact) mass is 257 g/mol. The summed E-state index contributed by atoms with van der Waals surface area (Å²) in [6.07, 6.45) is 11.6. The molecule has 0 fully saturated rings. The SMILES string of the molecule is CCC(C)C1=CC(C)(C(C)CC)C=Cc2cc[nH]c21. The third kappa shape index (κ3) is 2.56. The molecular weight excluding hydrogens is 230 g/mol. The maximum Gasteiger partial charge on any atom is 0.0486 e. The normalized spacial score (nSPS) is 25.4. The first-order chi connectivity index (χ1) is 9.01. The van der Waals surface area contributed by atoms with Crippen LogP contribution in [0.4, 0.5) is 0 Å². The molecule has 1 aromatic heterocycles. The summed E-state index contributed by atoms with van der Waals surface area (Å²) >= 11 is 0. The molecule has 1 N–H and O–H groups in total. The molecule has 1 aromatic rings. The fraction of sp³-hybridized carbons (Fsp3) is 0.556. The second-order valence-electron chi connectivity index (χ2n) is 6.23. The Hall–Kier alpha value is -1.24. The molecular formula is C18H27N. The van der Waals surface area contributed by atoms with E-state index >= 15 is 0 Å². The summed E-state index contributed by atoms with van der Waals surface area (Å²) in [4.78, 5) is 3.44. The Bertz CT molecular complexity index is 492. The van der Waals surface area contributed by atoms with E-state index in [1.54, 1.807) is 0 Å². The smallest absolute Gasteiger partial charge is 0.0486 e. The van der Waals surface area contributed by atoms with Gasteiger partial charge in [0.15, 0.2) is 0 Å². The summed E-state index contributed by atoms with van der Waals surface area (Å²) in [5, 5.41) is 0. The first kappa shape index (κ1) is 14.2. The summed E-state index contributed by atoms with van der Waals surface area (Å²) in [5.74, 6) is 1.26. The lowest BCUT2D eigenvalue weighted by Gasteiger charge is -2.30. The van der Waals surface area contributed by atoms with E-state index in [1.165, 1.54) is 29.7 Å². The van der Waals surface area contributed by atoms with E-state index in [0.717, 1.165) is 0 Å². The molecule has 0 bridgehead atoms. The molecule has 0 saturated heterocycles. The van der Waals surface area contributed by atoms with Gasteiger partial charge in [0, 0.05) is 17.3 Å². The minimum atomic E-state index is 0.160. The molecule has 0 amide bonds. The van der Waals surface area contributed by atoms with Crippen molar-refractivity contribution in [2.24, 2.45) is 17.3 Å². The average molecular weight is 257 g/mol. The van der Waals surface area contributed by atoms with Gasteiger partial charge in [0.2, 0.25) is 0 Å². The largest absolute Gasteiger partial charge is 0.361 e. The summed E-state index contributed by atoms with van der Waals surface area (Å²) in [6, 6.07) is 2.18. The van der Waals surface area contributed by atoms with Crippen molar-refractivity contribution in [1.82, 2.24) is 4.98 Å². The van der Waals surface area contributed by atoms with Crippen molar-refractivity contribution < 1.29 is 0 Å². The zero-order valence-electron chi connectivity index (χ0n) is 13.0. The maximum atomic E-state index is 3.44. The van der Waals surface area contributed by atoms with Gasteiger partial charge in [-0.15, -0.1) is 0 Å². The number of aromatic amines is 1. The van der Waals surface area contributed by atoms with Crippen LogP contribution < -0.4 is 0 Å². The Morgan fingerprint density at radius 2 is 1.95 bits per heavy atom. The van der Waals surface area contributed by atoms with Crippen molar-refractivity contribution in [3.05, 3.63) is 35.7 Å². The summed E-state index contributed by atoms with van der Waals surface area (Å²) in [6.45, 7) is 11.6. The molecule has 1 aliphatic rings. The van der Waals surface area contributed by atoms with Crippen LogP contribution in [-0.4, -0.2) is 4.98 Å². The standard InChI is InChI=1S/C18H27N/c1-6-13(3)16-12-18(5,14(4)7-2)10-8-15-9-11-19-17(15)16/h8-14,19H,6-7H2,1-5H3. The van der Waals surface area contributed by atoms with E-state index in [2.05, 4.69) is 70.1 Å². The quantitative estimate of drug-likeness (QED) is 0.730. The van der Waals surface area contributed by atoms with Crippen LogP contribution in [0.1, 0.15) is 58.7 Å². The zero-order chi connectivity index (χ0) is 14.0. The number of hydrogen-bond acceptors (Lipinski definition) is 0. The van der Waals surface area contributed by atoms with Crippen LogP contribution in [0.25, 0.3) is 11.6 Å². The molecule has 1 heterocycles. The van der Waals surface area contributed by atoms with Crippen LogP contribution in [0.5, 0.6) is 0 Å². The molecule has 1 heteroatoms. The van der Waals surface area contributed by atoms with Crippen molar-refractivity contribution in [1.29, 1.82) is 0 Å². The molecule has 104 valence electrons. The maximum absolute atomic E-state index is 3.44. The van der Waals surface area contributed by atoms with E-state index in [-0.39, 0.29) is 5.41 Å². The van der Waals surface area contributed by atoms with Crippen molar-refractivity contribution in [2.75, 3.05) is 0 Å². The number of nitrogens with one attached hydrogen (secondary N) is 1. The highest BCUT2D eigenvalue weighted by molar-refractivity contribution is 5.76. The molecule has 3 unspecified atom stereocenters. The van der Waals surface area contributed by atoms with Gasteiger partial charge >= 0.3 is 0 Å². The Morgan fingerprint density at radius 1 is 1.21 bits per heavy atom. The van der Waals surface area contributed by atoms with Gasteiger partial charge < -0.3 is 4.98 Å². The van der Waals surface area contributed by atoms with E-state index in [1.807, 2.05) is 0 Å². The second kappa shape index (κ2) is 5.40. The second-order valence-corrected chi connectivity index (χ2v) is 6.23. The van der Waals surface area contributed by atoms with Gasteiger partial charge in [-0.1, -0.05) is 59.3 Å². The summed E-state index contributed by atoms with van der Waals surface area (Å²) in [7, 11) is 0. The van der Waals surface area contributed by atoms with Crippen molar-refractivity contribution >= 4 is 11.6 Å². The first-order valence-corrected chi connectivity index (χ1v) is 7.61. The third-order valence-corrected chi connectivity index (χ3v) is 4.97. The van der Waals surface area contributed by atoms with Gasteiger partial charge in [-0.05, 0) is 35.5 Å². The minimum Gasteiger partial charge on any atom is -0.361 e. The fourth-order valence-corrected chi connectivity index (χ4v) is 2.85. The van der Waals surface area contributed by atoms with Gasteiger partial charge in [0.25, 0.3) is 0 Å². The van der Waals surface area contributed by atoms with Gasteiger partial charge in [-0.25, -0.2) is 0 Å². The van der Waals surface area contributed by atoms with Gasteiger partial charge in [-0.3, -0.25) is 0 Å². The van der Waals surface area contributed by atoms with Crippen molar-refractivity contribution in [3.63, 3.8) is 0 Å². The van der Waals surface area contributed by atoms with Gasteiger partial charge in [0.05, 0.1) is 0 Å². The summed E-state index contributed by atoms with van der Waals surface area (Å²) in [5.41, 5.74) is 4.29. The molecule has 0 aromatic carbocycles. The predicted molar refractivity (Wildman–Crippen MR) is 84.8 cm³/mol.